The minimum Gasteiger partial charge on any atom is -0.324 e. The van der Waals surface area contributed by atoms with Crippen LogP contribution in [0.2, 0.25) is 10.0 Å². The van der Waals surface area contributed by atoms with Crippen molar-refractivity contribution in [2.45, 2.75) is 51.5 Å². The van der Waals surface area contributed by atoms with Crippen LogP contribution >= 0.6 is 23.2 Å². The third-order valence-electron chi connectivity index (χ3n) is 6.01. The van der Waals surface area contributed by atoms with E-state index < -0.39 is 23.4 Å². The second kappa shape index (κ2) is 10.7. The number of hydrazine groups is 1. The van der Waals surface area contributed by atoms with Crippen molar-refractivity contribution in [3.8, 4) is 0 Å². The molecule has 2 fully saturated rings. The summed E-state index contributed by atoms with van der Waals surface area (Å²) in [5.74, 6) is -0.832. The number of hydrogen-bond donors (Lipinski definition) is 3. The molecule has 1 saturated carbocycles. The lowest BCUT2D eigenvalue weighted by atomic mass is 9.77. The van der Waals surface area contributed by atoms with Crippen LogP contribution in [0.3, 0.4) is 0 Å². The molecule has 3 N–H and O–H groups in total. The first-order valence-electron chi connectivity index (χ1n) is 11.1. The number of urea groups is 1. The molecule has 2 aliphatic rings. The summed E-state index contributed by atoms with van der Waals surface area (Å²) in [7, 11) is 0. The lowest BCUT2D eigenvalue weighted by Gasteiger charge is -2.33. The zero-order valence-corrected chi connectivity index (χ0v) is 20.3. The van der Waals surface area contributed by atoms with Crippen LogP contribution in [0.5, 0.6) is 0 Å². The van der Waals surface area contributed by atoms with E-state index in [2.05, 4.69) is 23.0 Å². The normalized spacial score (nSPS) is 22.6. The summed E-state index contributed by atoms with van der Waals surface area (Å²) >= 11 is 12.0. The van der Waals surface area contributed by atoms with E-state index in [0.29, 0.717) is 47.5 Å². The number of carbonyl (C=O) groups is 4. The van der Waals surface area contributed by atoms with Gasteiger partial charge in [-0.25, -0.2) is 4.79 Å². The summed E-state index contributed by atoms with van der Waals surface area (Å²) in [4.78, 5) is 52.1. The molecule has 11 heteroatoms. The number of halogens is 2. The number of amides is 5. The highest BCUT2D eigenvalue weighted by atomic mass is 35.5. The first-order chi connectivity index (χ1) is 15.6. The van der Waals surface area contributed by atoms with Crippen molar-refractivity contribution in [2.75, 3.05) is 25.0 Å². The van der Waals surface area contributed by atoms with Gasteiger partial charge in [0.05, 0.1) is 23.8 Å². The molecule has 3 rings (SSSR count). The molecule has 5 amide bonds. The molecule has 0 atom stereocenters. The van der Waals surface area contributed by atoms with E-state index in [1.54, 1.807) is 17.0 Å². The average molecular weight is 498 g/mol. The van der Waals surface area contributed by atoms with Gasteiger partial charge in [0.2, 0.25) is 5.91 Å². The zero-order valence-electron chi connectivity index (χ0n) is 18.7. The predicted molar refractivity (Wildman–Crippen MR) is 126 cm³/mol. The molecule has 180 valence electrons. The summed E-state index contributed by atoms with van der Waals surface area (Å²) in [6, 6.07) is 4.10. The van der Waals surface area contributed by atoms with Crippen LogP contribution in [0.25, 0.3) is 0 Å². The van der Waals surface area contributed by atoms with Crippen molar-refractivity contribution < 1.29 is 19.2 Å². The van der Waals surface area contributed by atoms with E-state index in [0.717, 1.165) is 17.9 Å². The predicted octanol–water partition coefficient (Wildman–Crippen LogP) is 3.18. The van der Waals surface area contributed by atoms with Crippen LogP contribution < -0.4 is 16.1 Å². The maximum Gasteiger partial charge on any atom is 0.344 e. The molecule has 1 aromatic rings. The van der Waals surface area contributed by atoms with Gasteiger partial charge in [0.1, 0.15) is 5.54 Å². The molecular weight excluding hydrogens is 469 g/mol. The van der Waals surface area contributed by atoms with Gasteiger partial charge in [0.15, 0.2) is 0 Å². The summed E-state index contributed by atoms with van der Waals surface area (Å²) in [5, 5.41) is 6.99. The van der Waals surface area contributed by atoms with Gasteiger partial charge < -0.3 is 10.6 Å². The van der Waals surface area contributed by atoms with Crippen LogP contribution in [0, 0.1) is 5.92 Å². The molecule has 0 aromatic heterocycles. The number of imide groups is 1. The summed E-state index contributed by atoms with van der Waals surface area (Å²) in [5.41, 5.74) is 1.89. The second-order valence-electron chi connectivity index (χ2n) is 8.75. The van der Waals surface area contributed by atoms with Gasteiger partial charge in [-0.3, -0.25) is 24.7 Å². The Hall–Kier alpha value is -2.36. The molecule has 33 heavy (non-hydrogen) atoms. The number of rotatable bonds is 8. The molecular formula is C22H29Cl2N5O4. The van der Waals surface area contributed by atoms with Crippen molar-refractivity contribution in [2.24, 2.45) is 5.92 Å². The molecule has 1 aliphatic heterocycles. The van der Waals surface area contributed by atoms with Crippen LogP contribution in [0.1, 0.15) is 46.0 Å². The van der Waals surface area contributed by atoms with E-state index in [1.807, 2.05) is 6.92 Å². The van der Waals surface area contributed by atoms with Crippen LogP contribution in [-0.4, -0.2) is 58.8 Å². The number of nitrogens with zero attached hydrogens (tertiary/aromatic N) is 2. The Labute approximate surface area is 203 Å². The summed E-state index contributed by atoms with van der Waals surface area (Å²) in [6.45, 7) is 4.28. The average Bonchev–Trinajstić information content (AvgIpc) is 2.96. The Morgan fingerprint density at radius 1 is 1.18 bits per heavy atom. The Morgan fingerprint density at radius 3 is 2.48 bits per heavy atom. The fraction of sp³-hybridized carbons (Fsp3) is 0.545. The van der Waals surface area contributed by atoms with Crippen LogP contribution in [-0.2, 0) is 14.4 Å². The molecule has 0 bridgehead atoms. The van der Waals surface area contributed by atoms with Crippen molar-refractivity contribution >= 4 is 52.6 Å². The summed E-state index contributed by atoms with van der Waals surface area (Å²) in [6.07, 6.45) is 3.49. The third-order valence-corrected chi connectivity index (χ3v) is 6.55. The van der Waals surface area contributed by atoms with Gasteiger partial charge in [-0.05, 0) is 62.8 Å². The molecule has 1 spiro atoms. The minimum atomic E-state index is -0.933. The Balaban J connectivity index is 1.57. The van der Waals surface area contributed by atoms with E-state index in [4.69, 9.17) is 23.2 Å². The van der Waals surface area contributed by atoms with Gasteiger partial charge in [0, 0.05) is 5.02 Å². The van der Waals surface area contributed by atoms with Gasteiger partial charge in [-0.1, -0.05) is 37.0 Å². The van der Waals surface area contributed by atoms with Crippen molar-refractivity contribution in [1.82, 2.24) is 20.7 Å². The number of benzene rings is 1. The van der Waals surface area contributed by atoms with E-state index in [9.17, 15) is 19.2 Å². The standard InChI is InChI=1S/C22H29Cl2N5O4/c1-3-10-28(12-18(30)25-17-5-4-15(23)11-16(17)24)13-19(31)27-29-20(32)22(26-21(29)33)8-6-14(2)7-9-22/h4-5,11,14H,3,6-10,12-13H2,1-2H3,(H,25,30)(H,26,33)(H,27,31). The number of anilines is 1. The van der Waals surface area contributed by atoms with Crippen LogP contribution in [0.15, 0.2) is 18.2 Å². The minimum absolute atomic E-state index is 0.0673. The van der Waals surface area contributed by atoms with Gasteiger partial charge in [-0.15, -0.1) is 0 Å². The van der Waals surface area contributed by atoms with Crippen molar-refractivity contribution in [1.29, 1.82) is 0 Å². The summed E-state index contributed by atoms with van der Waals surface area (Å²) < 4.78 is 0. The largest absolute Gasteiger partial charge is 0.344 e. The molecule has 1 saturated heterocycles. The van der Waals surface area contributed by atoms with Crippen molar-refractivity contribution in [3.05, 3.63) is 28.2 Å². The van der Waals surface area contributed by atoms with Crippen molar-refractivity contribution in [3.63, 3.8) is 0 Å². The number of nitrogens with one attached hydrogen (secondary N) is 3. The Bertz CT molecular complexity index is 933. The molecule has 1 heterocycles. The Kier molecular flexibility index (Phi) is 8.20. The van der Waals surface area contributed by atoms with Gasteiger partial charge >= 0.3 is 6.03 Å². The number of carbonyl (C=O) groups excluding carboxylic acids is 4. The lowest BCUT2D eigenvalue weighted by Crippen LogP contribution is -2.53. The lowest BCUT2D eigenvalue weighted by molar-refractivity contribution is -0.140. The number of hydrogen-bond acceptors (Lipinski definition) is 5. The fourth-order valence-electron chi connectivity index (χ4n) is 4.19. The fourth-order valence-corrected chi connectivity index (χ4v) is 4.65. The molecule has 1 aromatic carbocycles. The maximum absolute atomic E-state index is 12.9. The molecule has 9 nitrogen and oxygen atoms in total. The van der Waals surface area contributed by atoms with E-state index >= 15 is 0 Å². The first kappa shape index (κ1) is 25.3. The smallest absolute Gasteiger partial charge is 0.324 e. The monoisotopic (exact) mass is 497 g/mol. The first-order valence-corrected chi connectivity index (χ1v) is 11.8. The van der Waals surface area contributed by atoms with Gasteiger partial charge in [-0.2, -0.15) is 5.01 Å². The quantitative estimate of drug-likeness (QED) is 0.477. The zero-order chi connectivity index (χ0) is 24.2. The Morgan fingerprint density at radius 2 is 1.85 bits per heavy atom. The second-order valence-corrected chi connectivity index (χ2v) is 9.60. The van der Waals surface area contributed by atoms with Gasteiger partial charge in [0.25, 0.3) is 11.8 Å². The highest BCUT2D eigenvalue weighted by molar-refractivity contribution is 6.36. The van der Waals surface area contributed by atoms with E-state index in [-0.39, 0.29) is 19.0 Å². The molecule has 0 unspecified atom stereocenters. The molecule has 1 aliphatic carbocycles. The van der Waals surface area contributed by atoms with E-state index in [1.165, 1.54) is 6.07 Å². The molecule has 0 radical (unpaired) electrons. The highest BCUT2D eigenvalue weighted by Gasteiger charge is 2.52. The third kappa shape index (κ3) is 6.16. The maximum atomic E-state index is 12.9. The SMILES string of the molecule is CCCN(CC(=O)Nc1ccc(Cl)cc1Cl)CC(=O)NN1C(=O)NC2(CCC(C)CC2)C1=O. The van der Waals surface area contributed by atoms with Crippen LogP contribution in [0.4, 0.5) is 10.5 Å². The topological polar surface area (TPSA) is 111 Å². The highest BCUT2D eigenvalue weighted by Crippen LogP contribution is 2.35.